The Morgan fingerprint density at radius 3 is 2.81 bits per heavy atom. The molecule has 0 bridgehead atoms. The van der Waals surface area contributed by atoms with Crippen molar-refractivity contribution >= 4 is 29.1 Å². The summed E-state index contributed by atoms with van der Waals surface area (Å²) in [5.74, 6) is 1.95. The van der Waals surface area contributed by atoms with Gasteiger partial charge in [0.05, 0.1) is 6.54 Å². The number of hydrogen-bond donors (Lipinski definition) is 1. The van der Waals surface area contributed by atoms with E-state index < -0.39 is 0 Å². The molecule has 0 atom stereocenters. The van der Waals surface area contributed by atoms with Crippen LogP contribution in [0.3, 0.4) is 0 Å². The van der Waals surface area contributed by atoms with E-state index in [0.29, 0.717) is 12.2 Å². The molecular formula is C18H19N5O2S. The molecule has 8 heteroatoms. The highest BCUT2D eigenvalue weighted by atomic mass is 32.2. The van der Waals surface area contributed by atoms with E-state index in [-0.39, 0.29) is 11.7 Å². The lowest BCUT2D eigenvalue weighted by Crippen LogP contribution is -2.40. The van der Waals surface area contributed by atoms with Crippen molar-refractivity contribution in [3.8, 4) is 0 Å². The zero-order valence-corrected chi connectivity index (χ0v) is 15.0. The average molecular weight is 369 g/mol. The van der Waals surface area contributed by atoms with Crippen molar-refractivity contribution in [3.05, 3.63) is 64.7 Å². The third-order valence-corrected chi connectivity index (χ3v) is 5.24. The second-order valence-corrected chi connectivity index (χ2v) is 7.32. The molecule has 3 heterocycles. The summed E-state index contributed by atoms with van der Waals surface area (Å²) < 4.78 is 2.94. The fraction of sp³-hybridized carbons (Fsp3) is 0.278. The lowest BCUT2D eigenvalue weighted by Gasteiger charge is -2.26. The number of rotatable bonds is 3. The zero-order valence-electron chi connectivity index (χ0n) is 14.2. The fourth-order valence-electron chi connectivity index (χ4n) is 2.96. The highest BCUT2D eigenvalue weighted by Crippen LogP contribution is 2.14. The van der Waals surface area contributed by atoms with E-state index in [1.54, 1.807) is 18.3 Å². The summed E-state index contributed by atoms with van der Waals surface area (Å²) in [7, 11) is 0. The van der Waals surface area contributed by atoms with E-state index in [1.165, 1.54) is 9.08 Å². The third-order valence-electron chi connectivity index (χ3n) is 4.30. The third kappa shape index (κ3) is 3.45. The molecule has 1 N–H and O–H groups in total. The lowest BCUT2D eigenvalue weighted by atomic mass is 10.2. The molecule has 1 fully saturated rings. The van der Waals surface area contributed by atoms with Gasteiger partial charge in [-0.05, 0) is 29.8 Å². The molecule has 4 rings (SSSR count). The molecule has 1 aliphatic heterocycles. The van der Waals surface area contributed by atoms with Gasteiger partial charge in [-0.3, -0.25) is 4.40 Å². The van der Waals surface area contributed by atoms with Crippen LogP contribution in [0.4, 0.5) is 10.5 Å². The van der Waals surface area contributed by atoms with Gasteiger partial charge in [0.1, 0.15) is 0 Å². The van der Waals surface area contributed by atoms with Crippen LogP contribution in [0.5, 0.6) is 0 Å². The van der Waals surface area contributed by atoms with Crippen molar-refractivity contribution in [2.45, 2.75) is 6.54 Å². The largest absolute Gasteiger partial charge is 0.350 e. The van der Waals surface area contributed by atoms with Crippen molar-refractivity contribution in [3.63, 3.8) is 0 Å². The Morgan fingerprint density at radius 2 is 2.00 bits per heavy atom. The number of aromatic nitrogens is 3. The predicted octanol–water partition coefficient (Wildman–Crippen LogP) is 2.12. The Kier molecular flexibility index (Phi) is 4.66. The molecular weight excluding hydrogens is 350 g/mol. The van der Waals surface area contributed by atoms with Gasteiger partial charge in [0.2, 0.25) is 0 Å². The minimum absolute atomic E-state index is 0.0765. The van der Waals surface area contributed by atoms with Crippen LogP contribution in [-0.4, -0.2) is 49.7 Å². The molecule has 2 aromatic heterocycles. The predicted molar refractivity (Wildman–Crippen MR) is 103 cm³/mol. The summed E-state index contributed by atoms with van der Waals surface area (Å²) in [6.07, 6.45) is 1.70. The monoisotopic (exact) mass is 369 g/mol. The Balaban J connectivity index is 1.51. The quantitative estimate of drug-likeness (QED) is 0.768. The normalized spacial score (nSPS) is 14.5. The summed E-state index contributed by atoms with van der Waals surface area (Å²) in [5.41, 5.74) is 2.07. The molecule has 3 aromatic rings. The molecule has 1 saturated heterocycles. The molecule has 134 valence electrons. The van der Waals surface area contributed by atoms with Crippen LogP contribution in [0.15, 0.2) is 53.5 Å². The Bertz CT molecular complexity index is 990. The molecule has 0 spiro atoms. The average Bonchev–Trinajstić information content (AvgIpc) is 2.99. The van der Waals surface area contributed by atoms with Gasteiger partial charge >= 0.3 is 11.7 Å². The SMILES string of the molecule is O=C(Nc1cccc(Cn2nc3ccccn3c2=O)c1)N1CCSCC1. The number of carbonyl (C=O) groups is 1. The molecule has 0 radical (unpaired) electrons. The minimum Gasteiger partial charge on any atom is -0.323 e. The van der Waals surface area contributed by atoms with Gasteiger partial charge < -0.3 is 10.2 Å². The van der Waals surface area contributed by atoms with E-state index in [9.17, 15) is 9.59 Å². The van der Waals surface area contributed by atoms with E-state index in [4.69, 9.17) is 0 Å². The molecule has 1 aromatic carbocycles. The molecule has 1 aliphatic rings. The maximum Gasteiger partial charge on any atom is 0.350 e. The van der Waals surface area contributed by atoms with Crippen molar-refractivity contribution in [1.29, 1.82) is 0 Å². The smallest absolute Gasteiger partial charge is 0.323 e. The first-order valence-corrected chi connectivity index (χ1v) is 9.63. The van der Waals surface area contributed by atoms with E-state index in [1.807, 2.05) is 47.0 Å². The highest BCUT2D eigenvalue weighted by molar-refractivity contribution is 7.99. The topological polar surface area (TPSA) is 71.6 Å². The van der Waals surface area contributed by atoms with E-state index in [0.717, 1.165) is 35.8 Å². The maximum atomic E-state index is 12.4. The number of urea groups is 1. The van der Waals surface area contributed by atoms with Gasteiger partial charge in [-0.2, -0.15) is 11.8 Å². The molecule has 0 aliphatic carbocycles. The number of amides is 2. The van der Waals surface area contributed by atoms with Gasteiger partial charge in [-0.25, -0.2) is 14.3 Å². The van der Waals surface area contributed by atoms with Crippen molar-refractivity contribution in [1.82, 2.24) is 19.1 Å². The summed E-state index contributed by atoms with van der Waals surface area (Å²) in [6, 6.07) is 12.9. The van der Waals surface area contributed by atoms with Crippen molar-refractivity contribution in [2.75, 3.05) is 29.9 Å². The first kappa shape index (κ1) is 16.7. The number of nitrogens with zero attached hydrogens (tertiary/aromatic N) is 4. The minimum atomic E-state index is -0.180. The van der Waals surface area contributed by atoms with E-state index in [2.05, 4.69) is 10.4 Å². The second kappa shape index (κ2) is 7.25. The lowest BCUT2D eigenvalue weighted by molar-refractivity contribution is 0.217. The summed E-state index contributed by atoms with van der Waals surface area (Å²) >= 11 is 1.87. The van der Waals surface area contributed by atoms with Crippen LogP contribution < -0.4 is 11.0 Å². The maximum absolute atomic E-state index is 12.4. The van der Waals surface area contributed by atoms with Crippen molar-refractivity contribution < 1.29 is 4.79 Å². The number of hydrogen-bond acceptors (Lipinski definition) is 4. The first-order chi connectivity index (χ1) is 12.7. The number of carbonyl (C=O) groups excluding carboxylic acids is 1. The van der Waals surface area contributed by atoms with Crippen LogP contribution in [0, 0.1) is 0 Å². The van der Waals surface area contributed by atoms with Crippen LogP contribution >= 0.6 is 11.8 Å². The van der Waals surface area contributed by atoms with Crippen LogP contribution in [0.25, 0.3) is 5.65 Å². The summed E-state index contributed by atoms with van der Waals surface area (Å²) in [6.45, 7) is 1.89. The summed E-state index contributed by atoms with van der Waals surface area (Å²) in [5, 5.41) is 7.28. The fourth-order valence-corrected chi connectivity index (χ4v) is 3.86. The van der Waals surface area contributed by atoms with Crippen molar-refractivity contribution in [2.24, 2.45) is 0 Å². The zero-order chi connectivity index (χ0) is 17.9. The standard InChI is InChI=1S/C18H19N5O2S/c24-17(21-8-10-26-11-9-21)19-15-5-3-4-14(12-15)13-23-18(25)22-7-2-1-6-16(22)20-23/h1-7,12H,8-11,13H2,(H,19,24). The summed E-state index contributed by atoms with van der Waals surface area (Å²) in [4.78, 5) is 26.6. The number of nitrogens with one attached hydrogen (secondary N) is 1. The van der Waals surface area contributed by atoms with Gasteiger partial charge in [0.15, 0.2) is 5.65 Å². The Labute approximate surface area is 154 Å². The van der Waals surface area contributed by atoms with Crippen LogP contribution in [0.2, 0.25) is 0 Å². The van der Waals surface area contributed by atoms with Gasteiger partial charge in [0.25, 0.3) is 0 Å². The van der Waals surface area contributed by atoms with Gasteiger partial charge in [0, 0.05) is 36.5 Å². The molecule has 0 saturated carbocycles. The second-order valence-electron chi connectivity index (χ2n) is 6.10. The first-order valence-electron chi connectivity index (χ1n) is 8.47. The highest BCUT2D eigenvalue weighted by Gasteiger charge is 2.16. The number of benzene rings is 1. The van der Waals surface area contributed by atoms with Gasteiger partial charge in [-0.1, -0.05) is 18.2 Å². The Morgan fingerprint density at radius 1 is 1.15 bits per heavy atom. The molecule has 2 amide bonds. The number of pyridine rings is 1. The molecule has 0 unspecified atom stereocenters. The van der Waals surface area contributed by atoms with Crippen LogP contribution in [0.1, 0.15) is 5.56 Å². The molecule has 26 heavy (non-hydrogen) atoms. The van der Waals surface area contributed by atoms with Gasteiger partial charge in [-0.15, -0.1) is 5.10 Å². The molecule has 7 nitrogen and oxygen atoms in total. The Hall–Kier alpha value is -2.74. The number of thioether (sulfide) groups is 1. The van der Waals surface area contributed by atoms with Crippen LogP contribution in [-0.2, 0) is 6.54 Å². The number of anilines is 1. The number of fused-ring (bicyclic) bond motifs is 1. The van der Waals surface area contributed by atoms with E-state index >= 15 is 0 Å².